The number of benzene rings is 1. The van der Waals surface area contributed by atoms with Gasteiger partial charge in [-0.2, -0.15) is 0 Å². The first kappa shape index (κ1) is 14.1. The van der Waals surface area contributed by atoms with Crippen LogP contribution < -0.4 is 5.32 Å². The molecule has 4 heteroatoms. The summed E-state index contributed by atoms with van der Waals surface area (Å²) in [6.07, 6.45) is 2.50. The van der Waals surface area contributed by atoms with E-state index in [1.165, 1.54) is 12.8 Å². The van der Waals surface area contributed by atoms with Crippen LogP contribution in [0.4, 0.5) is 0 Å². The van der Waals surface area contributed by atoms with E-state index in [0.717, 1.165) is 23.7 Å². The van der Waals surface area contributed by atoms with E-state index >= 15 is 0 Å². The fourth-order valence-electron chi connectivity index (χ4n) is 2.63. The molecule has 100 valence electrons. The van der Waals surface area contributed by atoms with Crippen LogP contribution in [0.1, 0.15) is 31.4 Å². The molecule has 2 unspecified atom stereocenters. The lowest BCUT2D eigenvalue weighted by Gasteiger charge is -2.37. The van der Waals surface area contributed by atoms with Crippen molar-refractivity contribution in [2.24, 2.45) is 0 Å². The molecule has 2 nitrogen and oxygen atoms in total. The van der Waals surface area contributed by atoms with Crippen LogP contribution in [0.3, 0.4) is 0 Å². The number of piperidine rings is 1. The first-order chi connectivity index (χ1) is 8.61. The standard InChI is InChI=1S/C14H20Cl2N2/c1-10(13-6-5-11(15)8-14(13)16)18-7-3-4-12(9-18)17-2/h5-6,8,10,12,17H,3-4,7,9H2,1-2H3. The van der Waals surface area contributed by atoms with Crippen molar-refractivity contribution in [3.05, 3.63) is 33.8 Å². The van der Waals surface area contributed by atoms with E-state index in [2.05, 4.69) is 17.1 Å². The number of likely N-dealkylation sites (tertiary alicyclic amines) is 1. The van der Waals surface area contributed by atoms with Gasteiger partial charge in [0.05, 0.1) is 0 Å². The van der Waals surface area contributed by atoms with Crippen molar-refractivity contribution in [2.45, 2.75) is 31.8 Å². The van der Waals surface area contributed by atoms with Crippen LogP contribution in [0, 0.1) is 0 Å². The van der Waals surface area contributed by atoms with E-state index in [1.807, 2.05) is 25.2 Å². The van der Waals surface area contributed by atoms with Gasteiger partial charge in [0, 0.05) is 28.7 Å². The molecule has 0 amide bonds. The molecule has 2 atom stereocenters. The molecule has 1 aromatic rings. The molecule has 0 aliphatic carbocycles. The number of hydrogen-bond acceptors (Lipinski definition) is 2. The third-order valence-electron chi connectivity index (χ3n) is 3.82. The fourth-order valence-corrected chi connectivity index (χ4v) is 3.20. The van der Waals surface area contributed by atoms with Gasteiger partial charge in [0.25, 0.3) is 0 Å². The van der Waals surface area contributed by atoms with Gasteiger partial charge < -0.3 is 5.32 Å². The average molecular weight is 287 g/mol. The molecule has 1 aliphatic heterocycles. The monoisotopic (exact) mass is 286 g/mol. The van der Waals surface area contributed by atoms with Gasteiger partial charge in [0.1, 0.15) is 0 Å². The van der Waals surface area contributed by atoms with E-state index < -0.39 is 0 Å². The van der Waals surface area contributed by atoms with Gasteiger partial charge in [0.2, 0.25) is 0 Å². The van der Waals surface area contributed by atoms with E-state index in [-0.39, 0.29) is 0 Å². The van der Waals surface area contributed by atoms with E-state index in [1.54, 1.807) is 0 Å². The van der Waals surface area contributed by atoms with Gasteiger partial charge in [-0.3, -0.25) is 4.90 Å². The van der Waals surface area contributed by atoms with E-state index in [9.17, 15) is 0 Å². The first-order valence-electron chi connectivity index (χ1n) is 6.48. The highest BCUT2D eigenvalue weighted by atomic mass is 35.5. The molecule has 0 saturated carbocycles. The SMILES string of the molecule is CNC1CCCN(C(C)c2ccc(Cl)cc2Cl)C1. The van der Waals surface area contributed by atoms with Crippen molar-refractivity contribution in [1.29, 1.82) is 0 Å². The van der Waals surface area contributed by atoms with Crippen LogP contribution in [0.25, 0.3) is 0 Å². The van der Waals surface area contributed by atoms with Crippen LogP contribution in [0.15, 0.2) is 18.2 Å². The second-order valence-electron chi connectivity index (χ2n) is 4.96. The summed E-state index contributed by atoms with van der Waals surface area (Å²) in [4.78, 5) is 2.49. The van der Waals surface area contributed by atoms with Gasteiger partial charge in [-0.05, 0) is 51.1 Å². The normalized spacial score (nSPS) is 23.0. The Hall–Kier alpha value is -0.280. The molecule has 1 N–H and O–H groups in total. The summed E-state index contributed by atoms with van der Waals surface area (Å²) in [6.45, 7) is 4.43. The van der Waals surface area contributed by atoms with Gasteiger partial charge in [-0.25, -0.2) is 0 Å². The molecule has 1 heterocycles. The Morgan fingerprint density at radius 3 is 2.83 bits per heavy atom. The maximum absolute atomic E-state index is 6.29. The number of halogens is 2. The molecule has 1 fully saturated rings. The summed E-state index contributed by atoms with van der Waals surface area (Å²) in [5.41, 5.74) is 1.16. The molecule has 1 saturated heterocycles. The Labute approximate surface area is 119 Å². The smallest absolute Gasteiger partial charge is 0.0468 e. The molecule has 18 heavy (non-hydrogen) atoms. The number of rotatable bonds is 3. The maximum atomic E-state index is 6.29. The predicted molar refractivity (Wildman–Crippen MR) is 78.5 cm³/mol. The number of nitrogens with one attached hydrogen (secondary N) is 1. The summed E-state index contributed by atoms with van der Waals surface area (Å²) in [5.74, 6) is 0. The van der Waals surface area contributed by atoms with Crippen LogP contribution in [-0.4, -0.2) is 31.1 Å². The highest BCUT2D eigenvalue weighted by Crippen LogP contribution is 2.31. The summed E-state index contributed by atoms with van der Waals surface area (Å²) in [5, 5.41) is 4.83. The number of nitrogens with zero attached hydrogens (tertiary/aromatic N) is 1. The molecule has 0 aromatic heterocycles. The quantitative estimate of drug-likeness (QED) is 0.911. The molecular formula is C14H20Cl2N2. The topological polar surface area (TPSA) is 15.3 Å². The van der Waals surface area contributed by atoms with Gasteiger partial charge in [0.15, 0.2) is 0 Å². The number of hydrogen-bond donors (Lipinski definition) is 1. The molecule has 2 rings (SSSR count). The lowest BCUT2D eigenvalue weighted by Crippen LogP contribution is -2.45. The van der Waals surface area contributed by atoms with Crippen LogP contribution in [-0.2, 0) is 0 Å². The fraction of sp³-hybridized carbons (Fsp3) is 0.571. The Bertz CT molecular complexity index is 409. The summed E-state index contributed by atoms with van der Waals surface area (Å²) in [6, 6.07) is 6.71. The van der Waals surface area contributed by atoms with Crippen LogP contribution >= 0.6 is 23.2 Å². The first-order valence-corrected chi connectivity index (χ1v) is 7.23. The molecule has 0 radical (unpaired) electrons. The zero-order valence-corrected chi connectivity index (χ0v) is 12.4. The van der Waals surface area contributed by atoms with Crippen molar-refractivity contribution in [2.75, 3.05) is 20.1 Å². The zero-order valence-electron chi connectivity index (χ0n) is 10.9. The van der Waals surface area contributed by atoms with E-state index in [0.29, 0.717) is 17.1 Å². The van der Waals surface area contributed by atoms with Crippen molar-refractivity contribution in [1.82, 2.24) is 10.2 Å². The number of likely N-dealkylation sites (N-methyl/N-ethyl adjacent to an activating group) is 1. The van der Waals surface area contributed by atoms with Crippen LogP contribution in [0.2, 0.25) is 10.0 Å². The van der Waals surface area contributed by atoms with Crippen molar-refractivity contribution in [3.8, 4) is 0 Å². The third kappa shape index (κ3) is 3.18. The van der Waals surface area contributed by atoms with Crippen LogP contribution in [0.5, 0.6) is 0 Å². The van der Waals surface area contributed by atoms with Crippen molar-refractivity contribution in [3.63, 3.8) is 0 Å². The minimum absolute atomic E-state index is 0.339. The molecule has 1 aliphatic rings. The lowest BCUT2D eigenvalue weighted by atomic mass is 10.0. The third-order valence-corrected chi connectivity index (χ3v) is 4.38. The summed E-state index contributed by atoms with van der Waals surface area (Å²) >= 11 is 12.2. The predicted octanol–water partition coefficient (Wildman–Crippen LogP) is 3.74. The zero-order chi connectivity index (χ0) is 13.1. The largest absolute Gasteiger partial charge is 0.316 e. The molecule has 0 spiro atoms. The van der Waals surface area contributed by atoms with E-state index in [4.69, 9.17) is 23.2 Å². The minimum Gasteiger partial charge on any atom is -0.316 e. The molecule has 0 bridgehead atoms. The minimum atomic E-state index is 0.339. The average Bonchev–Trinajstić information content (AvgIpc) is 2.38. The Morgan fingerprint density at radius 2 is 2.17 bits per heavy atom. The second-order valence-corrected chi connectivity index (χ2v) is 5.81. The second kappa shape index (κ2) is 6.25. The lowest BCUT2D eigenvalue weighted by molar-refractivity contribution is 0.149. The Kier molecular flexibility index (Phi) is 4.91. The van der Waals surface area contributed by atoms with Crippen molar-refractivity contribution < 1.29 is 0 Å². The van der Waals surface area contributed by atoms with Gasteiger partial charge >= 0.3 is 0 Å². The molecule has 1 aromatic carbocycles. The Balaban J connectivity index is 2.12. The van der Waals surface area contributed by atoms with Crippen molar-refractivity contribution >= 4 is 23.2 Å². The van der Waals surface area contributed by atoms with Gasteiger partial charge in [-0.1, -0.05) is 29.3 Å². The van der Waals surface area contributed by atoms with Gasteiger partial charge in [-0.15, -0.1) is 0 Å². The summed E-state index contributed by atoms with van der Waals surface area (Å²) in [7, 11) is 2.04. The molecular weight excluding hydrogens is 267 g/mol. The highest BCUT2D eigenvalue weighted by molar-refractivity contribution is 6.35. The maximum Gasteiger partial charge on any atom is 0.0468 e. The Morgan fingerprint density at radius 1 is 1.39 bits per heavy atom. The highest BCUT2D eigenvalue weighted by Gasteiger charge is 2.24. The summed E-state index contributed by atoms with van der Waals surface area (Å²) < 4.78 is 0.